The lowest BCUT2D eigenvalue weighted by molar-refractivity contribution is 0.333. The molecule has 2 aromatic rings. The third-order valence-corrected chi connectivity index (χ3v) is 2.82. The van der Waals surface area contributed by atoms with E-state index in [2.05, 4.69) is 11.9 Å². The Morgan fingerprint density at radius 3 is 2.30 bits per heavy atom. The third kappa shape index (κ3) is 3.83. The highest BCUT2D eigenvalue weighted by Crippen LogP contribution is 2.18. The first-order valence-electron chi connectivity index (χ1n) is 6.28. The number of hydrogen-bond donors (Lipinski definition) is 1. The van der Waals surface area contributed by atoms with Gasteiger partial charge in [-0.3, -0.25) is 0 Å². The first kappa shape index (κ1) is 14.1. The molecule has 20 heavy (non-hydrogen) atoms. The Labute approximate surface area is 124 Å². The lowest BCUT2D eigenvalue weighted by Gasteiger charge is -2.24. The van der Waals surface area contributed by atoms with E-state index >= 15 is 0 Å². The monoisotopic (exact) mass is 284 g/mol. The Kier molecular flexibility index (Phi) is 5.15. The summed E-state index contributed by atoms with van der Waals surface area (Å²) in [6, 6.07) is 19.2. The summed E-state index contributed by atoms with van der Waals surface area (Å²) in [5, 5.41) is 5.14. The summed E-state index contributed by atoms with van der Waals surface area (Å²) in [6.07, 6.45) is 1.75. The van der Waals surface area contributed by atoms with Crippen molar-refractivity contribution in [2.75, 3.05) is 11.6 Å². The molecule has 0 radical (unpaired) electrons. The number of para-hydroxylation sites is 2. The first-order chi connectivity index (χ1) is 9.81. The van der Waals surface area contributed by atoms with Gasteiger partial charge in [-0.2, -0.15) is 5.06 Å². The van der Waals surface area contributed by atoms with Crippen LogP contribution in [-0.4, -0.2) is 11.7 Å². The Morgan fingerprint density at radius 2 is 1.70 bits per heavy atom. The fourth-order valence-corrected chi connectivity index (χ4v) is 1.82. The molecule has 0 aliphatic heterocycles. The van der Waals surface area contributed by atoms with Gasteiger partial charge < -0.3 is 10.2 Å². The number of benzene rings is 2. The average Bonchev–Trinajstić information content (AvgIpc) is 2.52. The zero-order chi connectivity index (χ0) is 14.2. The van der Waals surface area contributed by atoms with Crippen LogP contribution in [0.15, 0.2) is 73.3 Å². The lowest BCUT2D eigenvalue weighted by Crippen LogP contribution is -2.42. The number of rotatable bonds is 5. The van der Waals surface area contributed by atoms with Crippen LogP contribution in [0.5, 0.6) is 5.75 Å². The lowest BCUT2D eigenvalue weighted by atomic mass is 10.3. The molecule has 2 aromatic carbocycles. The molecule has 3 nitrogen and oxygen atoms in total. The highest BCUT2D eigenvalue weighted by molar-refractivity contribution is 7.80. The molecule has 0 bridgehead atoms. The normalized spacial score (nSPS) is 9.60. The molecular weight excluding hydrogens is 268 g/mol. The van der Waals surface area contributed by atoms with Gasteiger partial charge >= 0.3 is 0 Å². The van der Waals surface area contributed by atoms with Crippen LogP contribution in [0.2, 0.25) is 0 Å². The molecular formula is C16H16N2OS. The van der Waals surface area contributed by atoms with Crippen molar-refractivity contribution in [3.63, 3.8) is 0 Å². The van der Waals surface area contributed by atoms with Crippen LogP contribution in [-0.2, 0) is 0 Å². The molecule has 0 aromatic heterocycles. The van der Waals surface area contributed by atoms with Crippen LogP contribution in [0.1, 0.15) is 0 Å². The maximum Gasteiger partial charge on any atom is 0.209 e. The minimum atomic E-state index is 0.486. The van der Waals surface area contributed by atoms with Crippen LogP contribution in [0.3, 0.4) is 0 Å². The zero-order valence-corrected chi connectivity index (χ0v) is 11.8. The SMILES string of the molecule is C=CCNC(=S)N(Oc1ccccc1)c1ccccc1. The minimum absolute atomic E-state index is 0.486. The summed E-state index contributed by atoms with van der Waals surface area (Å²) in [6.45, 7) is 4.25. The third-order valence-electron chi connectivity index (χ3n) is 2.51. The molecule has 0 aliphatic carbocycles. The summed E-state index contributed by atoms with van der Waals surface area (Å²) in [5.74, 6) is 0.721. The van der Waals surface area contributed by atoms with Crippen LogP contribution in [0.25, 0.3) is 0 Å². The number of hydroxylamine groups is 1. The molecule has 4 heteroatoms. The number of thiocarbonyl (C=S) groups is 1. The van der Waals surface area contributed by atoms with Gasteiger partial charge in [0.05, 0.1) is 5.69 Å². The van der Waals surface area contributed by atoms with Crippen LogP contribution in [0.4, 0.5) is 5.69 Å². The van der Waals surface area contributed by atoms with Crippen LogP contribution in [0, 0.1) is 0 Å². The van der Waals surface area contributed by atoms with E-state index in [9.17, 15) is 0 Å². The number of hydrogen-bond acceptors (Lipinski definition) is 2. The van der Waals surface area contributed by atoms with Gasteiger partial charge in [0.15, 0.2) is 5.75 Å². The van der Waals surface area contributed by atoms with Crippen molar-refractivity contribution in [2.45, 2.75) is 0 Å². The average molecular weight is 284 g/mol. The molecule has 0 spiro atoms. The van der Waals surface area contributed by atoms with Crippen molar-refractivity contribution >= 4 is 23.0 Å². The van der Waals surface area contributed by atoms with Gasteiger partial charge in [0.1, 0.15) is 0 Å². The molecule has 0 atom stereocenters. The summed E-state index contributed by atoms with van der Waals surface area (Å²) in [7, 11) is 0. The summed E-state index contributed by atoms with van der Waals surface area (Å²) >= 11 is 5.36. The van der Waals surface area contributed by atoms with Crippen molar-refractivity contribution in [2.24, 2.45) is 0 Å². The summed E-state index contributed by atoms with van der Waals surface area (Å²) < 4.78 is 0. The van der Waals surface area contributed by atoms with E-state index < -0.39 is 0 Å². The Morgan fingerprint density at radius 1 is 1.10 bits per heavy atom. The molecule has 0 amide bonds. The summed E-state index contributed by atoms with van der Waals surface area (Å²) in [5.41, 5.74) is 0.859. The van der Waals surface area contributed by atoms with Gasteiger partial charge in [0.2, 0.25) is 5.11 Å². The van der Waals surface area contributed by atoms with Gasteiger partial charge in [0, 0.05) is 6.54 Å². The molecule has 102 valence electrons. The predicted molar refractivity (Wildman–Crippen MR) is 86.8 cm³/mol. The second kappa shape index (κ2) is 7.31. The van der Waals surface area contributed by atoms with E-state index in [0.29, 0.717) is 11.7 Å². The molecule has 0 saturated heterocycles. The van der Waals surface area contributed by atoms with Crippen molar-refractivity contribution in [3.8, 4) is 5.75 Å². The minimum Gasteiger partial charge on any atom is -0.372 e. The van der Waals surface area contributed by atoms with Gasteiger partial charge in [-0.05, 0) is 36.5 Å². The smallest absolute Gasteiger partial charge is 0.209 e. The van der Waals surface area contributed by atoms with Gasteiger partial charge in [-0.15, -0.1) is 6.58 Å². The van der Waals surface area contributed by atoms with Gasteiger partial charge in [-0.1, -0.05) is 42.5 Å². The van der Waals surface area contributed by atoms with E-state index in [1.807, 2.05) is 60.7 Å². The molecule has 0 fully saturated rings. The highest BCUT2D eigenvalue weighted by atomic mass is 32.1. The largest absolute Gasteiger partial charge is 0.372 e. The quantitative estimate of drug-likeness (QED) is 0.515. The number of anilines is 1. The number of nitrogens with one attached hydrogen (secondary N) is 1. The molecule has 0 unspecified atom stereocenters. The zero-order valence-electron chi connectivity index (χ0n) is 11.0. The Bertz CT molecular complexity index is 557. The van der Waals surface area contributed by atoms with Crippen LogP contribution < -0.4 is 15.2 Å². The Hall–Kier alpha value is -2.33. The second-order valence-electron chi connectivity index (χ2n) is 4.01. The van der Waals surface area contributed by atoms with E-state index in [4.69, 9.17) is 17.1 Å². The Balaban J connectivity index is 2.20. The molecule has 0 heterocycles. The predicted octanol–water partition coefficient (Wildman–Crippen LogP) is 3.55. The highest BCUT2D eigenvalue weighted by Gasteiger charge is 2.13. The van der Waals surface area contributed by atoms with E-state index in [1.165, 1.54) is 0 Å². The van der Waals surface area contributed by atoms with Gasteiger partial charge in [0.25, 0.3) is 0 Å². The maximum absolute atomic E-state index is 5.85. The summed E-state index contributed by atoms with van der Waals surface area (Å²) in [4.78, 5) is 5.85. The van der Waals surface area contributed by atoms with Crippen LogP contribution >= 0.6 is 12.2 Å². The van der Waals surface area contributed by atoms with Crippen molar-refractivity contribution < 1.29 is 4.84 Å². The van der Waals surface area contributed by atoms with Crippen molar-refractivity contribution in [3.05, 3.63) is 73.3 Å². The number of nitrogens with zero attached hydrogens (tertiary/aromatic N) is 1. The standard InChI is InChI=1S/C16H16N2OS/c1-2-13-17-16(20)18(14-9-5-3-6-10-14)19-15-11-7-4-8-12-15/h2-12H,1,13H2,(H,17,20). The second-order valence-corrected chi connectivity index (χ2v) is 4.40. The van der Waals surface area contributed by atoms with Crippen molar-refractivity contribution in [1.82, 2.24) is 5.32 Å². The van der Waals surface area contributed by atoms with E-state index in [-0.39, 0.29) is 0 Å². The van der Waals surface area contributed by atoms with Crippen molar-refractivity contribution in [1.29, 1.82) is 0 Å². The first-order valence-corrected chi connectivity index (χ1v) is 6.69. The van der Waals surface area contributed by atoms with E-state index in [0.717, 1.165) is 11.4 Å². The fraction of sp³-hybridized carbons (Fsp3) is 0.0625. The maximum atomic E-state index is 5.85. The topological polar surface area (TPSA) is 24.5 Å². The fourth-order valence-electron chi connectivity index (χ4n) is 1.59. The molecule has 0 saturated carbocycles. The van der Waals surface area contributed by atoms with E-state index in [1.54, 1.807) is 11.1 Å². The molecule has 1 N–H and O–H groups in total. The molecule has 0 aliphatic rings. The molecule has 2 rings (SSSR count). The van der Waals surface area contributed by atoms with Gasteiger partial charge in [-0.25, -0.2) is 0 Å².